The summed E-state index contributed by atoms with van der Waals surface area (Å²) in [5, 5.41) is 21.4. The monoisotopic (exact) mass is 332 g/mol. The van der Waals surface area contributed by atoms with Crippen LogP contribution in [0, 0.1) is 0 Å². The van der Waals surface area contributed by atoms with Gasteiger partial charge >= 0.3 is 0 Å². The summed E-state index contributed by atoms with van der Waals surface area (Å²) in [6.07, 6.45) is 1.43. The lowest BCUT2D eigenvalue weighted by Crippen LogP contribution is -2.38. The zero-order valence-electron chi connectivity index (χ0n) is 13.9. The van der Waals surface area contributed by atoms with Gasteiger partial charge in [0.25, 0.3) is 11.5 Å². The Morgan fingerprint density at radius 1 is 1.38 bits per heavy atom. The summed E-state index contributed by atoms with van der Waals surface area (Å²) in [7, 11) is 1.46. The highest BCUT2D eigenvalue weighted by molar-refractivity contribution is 5.81. The van der Waals surface area contributed by atoms with Crippen molar-refractivity contribution < 1.29 is 9.84 Å². The maximum atomic E-state index is 12.2. The Morgan fingerprint density at radius 2 is 2.08 bits per heavy atom. The number of aromatic nitrogens is 3. The Labute approximate surface area is 138 Å². The second kappa shape index (κ2) is 6.57. The smallest absolute Gasteiger partial charge is 0.295 e. The van der Waals surface area contributed by atoms with Gasteiger partial charge < -0.3 is 15.7 Å². The van der Waals surface area contributed by atoms with E-state index in [9.17, 15) is 9.90 Å². The number of phenolic OH excluding ortho intramolecular Hbond substituents is 1. The average Bonchev–Trinajstić information content (AvgIpc) is 2.50. The Morgan fingerprint density at radius 3 is 2.67 bits per heavy atom. The van der Waals surface area contributed by atoms with Crippen LogP contribution in [0.15, 0.2) is 28.1 Å². The molecule has 0 aliphatic carbocycles. The number of benzene rings is 1. The van der Waals surface area contributed by atoms with E-state index in [1.807, 2.05) is 20.8 Å². The summed E-state index contributed by atoms with van der Waals surface area (Å²) >= 11 is 0. The SMILES string of the molecule is COc1ccc(/C=N/Nc2nnc(C(C)(C)C)c(=O)n2N)cc1O. The van der Waals surface area contributed by atoms with Crippen molar-refractivity contribution >= 4 is 12.2 Å². The molecule has 0 fully saturated rings. The first-order valence-electron chi connectivity index (χ1n) is 7.15. The second-order valence-electron chi connectivity index (χ2n) is 6.10. The number of hydrazone groups is 1. The molecule has 24 heavy (non-hydrogen) atoms. The molecule has 0 atom stereocenters. The number of phenols is 1. The highest BCUT2D eigenvalue weighted by Crippen LogP contribution is 2.25. The topological polar surface area (TPSA) is 128 Å². The van der Waals surface area contributed by atoms with Gasteiger partial charge in [-0.2, -0.15) is 9.78 Å². The maximum Gasteiger partial charge on any atom is 0.295 e. The van der Waals surface area contributed by atoms with Crippen LogP contribution in [0.4, 0.5) is 5.95 Å². The third kappa shape index (κ3) is 3.62. The molecule has 1 aromatic carbocycles. The van der Waals surface area contributed by atoms with Gasteiger partial charge in [-0.1, -0.05) is 20.8 Å². The Bertz CT molecular complexity index is 823. The molecule has 0 aliphatic heterocycles. The zero-order valence-corrected chi connectivity index (χ0v) is 13.9. The zero-order chi connectivity index (χ0) is 17.9. The van der Waals surface area contributed by atoms with Gasteiger partial charge in [0.05, 0.1) is 13.3 Å². The van der Waals surface area contributed by atoms with Crippen molar-refractivity contribution in [3.8, 4) is 11.5 Å². The number of nitrogens with two attached hydrogens (primary N) is 1. The lowest BCUT2D eigenvalue weighted by molar-refractivity contribution is 0.373. The van der Waals surface area contributed by atoms with Crippen LogP contribution in [0.5, 0.6) is 11.5 Å². The number of rotatable bonds is 4. The molecule has 2 aromatic rings. The molecular formula is C15H20N6O3. The van der Waals surface area contributed by atoms with E-state index in [2.05, 4.69) is 20.7 Å². The van der Waals surface area contributed by atoms with Gasteiger partial charge in [0.15, 0.2) is 11.5 Å². The number of nitrogens with zero attached hydrogens (tertiary/aromatic N) is 4. The van der Waals surface area contributed by atoms with E-state index in [0.717, 1.165) is 4.68 Å². The van der Waals surface area contributed by atoms with Crippen molar-refractivity contribution in [3.63, 3.8) is 0 Å². The van der Waals surface area contributed by atoms with Crippen LogP contribution in [0.1, 0.15) is 32.0 Å². The molecule has 2 rings (SSSR count). The standard InChI is InChI=1S/C15H20N6O3/c1-15(2,3)12-13(23)21(16)14(20-18-12)19-17-8-9-5-6-11(24-4)10(22)7-9/h5-8,22H,16H2,1-4H3,(H,19,20)/b17-8+. The molecule has 0 saturated carbocycles. The van der Waals surface area contributed by atoms with Crippen LogP contribution < -0.4 is 21.6 Å². The second-order valence-corrected chi connectivity index (χ2v) is 6.10. The molecule has 0 radical (unpaired) electrons. The Kier molecular flexibility index (Phi) is 4.72. The summed E-state index contributed by atoms with van der Waals surface area (Å²) in [6, 6.07) is 4.79. The molecule has 0 bridgehead atoms. The molecule has 0 amide bonds. The predicted octanol–water partition coefficient (Wildman–Crippen LogP) is 0.810. The van der Waals surface area contributed by atoms with E-state index in [0.29, 0.717) is 11.3 Å². The molecule has 1 heterocycles. The van der Waals surface area contributed by atoms with E-state index < -0.39 is 11.0 Å². The van der Waals surface area contributed by atoms with Crippen molar-refractivity contribution in [2.45, 2.75) is 26.2 Å². The maximum absolute atomic E-state index is 12.2. The molecule has 9 nitrogen and oxygen atoms in total. The number of hydrogen-bond donors (Lipinski definition) is 3. The van der Waals surface area contributed by atoms with Crippen molar-refractivity contribution in [1.29, 1.82) is 0 Å². The van der Waals surface area contributed by atoms with Crippen molar-refractivity contribution in [2.75, 3.05) is 18.4 Å². The first-order chi connectivity index (χ1) is 11.2. The number of hydrogen-bond acceptors (Lipinski definition) is 8. The number of nitrogens with one attached hydrogen (secondary N) is 1. The van der Waals surface area contributed by atoms with Crippen LogP contribution in [-0.4, -0.2) is 33.3 Å². The van der Waals surface area contributed by atoms with Crippen molar-refractivity contribution in [2.24, 2.45) is 5.10 Å². The van der Waals surface area contributed by atoms with E-state index in [1.54, 1.807) is 12.1 Å². The fraction of sp³-hybridized carbons (Fsp3) is 0.333. The van der Waals surface area contributed by atoms with Gasteiger partial charge in [-0.15, -0.1) is 10.2 Å². The van der Waals surface area contributed by atoms with E-state index >= 15 is 0 Å². The molecule has 1 aromatic heterocycles. The molecule has 9 heteroatoms. The van der Waals surface area contributed by atoms with Gasteiger partial charge in [0, 0.05) is 5.41 Å². The molecular weight excluding hydrogens is 312 g/mol. The van der Waals surface area contributed by atoms with E-state index in [1.165, 1.54) is 19.4 Å². The minimum Gasteiger partial charge on any atom is -0.504 e. The van der Waals surface area contributed by atoms with Gasteiger partial charge in [-0.3, -0.25) is 4.79 Å². The third-order valence-electron chi connectivity index (χ3n) is 3.19. The molecule has 0 saturated heterocycles. The number of methoxy groups -OCH3 is 1. The van der Waals surface area contributed by atoms with Crippen molar-refractivity contribution in [3.05, 3.63) is 39.8 Å². The summed E-state index contributed by atoms with van der Waals surface area (Å²) in [6.45, 7) is 5.54. The Hall–Kier alpha value is -3.10. The van der Waals surface area contributed by atoms with Crippen LogP contribution in [0.3, 0.4) is 0 Å². The summed E-state index contributed by atoms with van der Waals surface area (Å²) < 4.78 is 5.82. The first kappa shape index (κ1) is 17.3. The number of anilines is 1. The largest absolute Gasteiger partial charge is 0.504 e. The van der Waals surface area contributed by atoms with Crippen molar-refractivity contribution in [1.82, 2.24) is 14.9 Å². The van der Waals surface area contributed by atoms with Gasteiger partial charge in [0.1, 0.15) is 5.69 Å². The van der Waals surface area contributed by atoms with E-state index in [-0.39, 0.29) is 17.4 Å². The predicted molar refractivity (Wildman–Crippen MR) is 91.0 cm³/mol. The summed E-state index contributed by atoms with van der Waals surface area (Å²) in [5.74, 6) is 6.08. The van der Waals surface area contributed by atoms with Gasteiger partial charge in [0.2, 0.25) is 0 Å². The van der Waals surface area contributed by atoms with Crippen LogP contribution in [0.2, 0.25) is 0 Å². The highest BCUT2D eigenvalue weighted by atomic mass is 16.5. The van der Waals surface area contributed by atoms with Crippen LogP contribution in [0.25, 0.3) is 0 Å². The molecule has 0 unspecified atom stereocenters. The van der Waals surface area contributed by atoms with Crippen LogP contribution in [-0.2, 0) is 5.41 Å². The summed E-state index contributed by atoms with van der Waals surface area (Å²) in [4.78, 5) is 12.2. The number of nitrogen functional groups attached to an aromatic ring is 1. The fourth-order valence-electron chi connectivity index (χ4n) is 1.90. The van der Waals surface area contributed by atoms with E-state index in [4.69, 9.17) is 10.6 Å². The molecule has 0 aliphatic rings. The quantitative estimate of drug-likeness (QED) is 0.429. The number of aromatic hydroxyl groups is 1. The van der Waals surface area contributed by atoms with Gasteiger partial charge in [-0.25, -0.2) is 5.43 Å². The average molecular weight is 332 g/mol. The normalized spacial score (nSPS) is 11.7. The molecule has 0 spiro atoms. The first-order valence-corrected chi connectivity index (χ1v) is 7.15. The fourth-order valence-corrected chi connectivity index (χ4v) is 1.90. The third-order valence-corrected chi connectivity index (χ3v) is 3.19. The highest BCUT2D eigenvalue weighted by Gasteiger charge is 2.22. The lowest BCUT2D eigenvalue weighted by Gasteiger charge is -2.16. The molecule has 128 valence electrons. The summed E-state index contributed by atoms with van der Waals surface area (Å²) in [5.41, 5.74) is 2.52. The lowest BCUT2D eigenvalue weighted by atomic mass is 9.93. The minimum atomic E-state index is -0.465. The molecule has 4 N–H and O–H groups in total. The number of ether oxygens (including phenoxy) is 1. The Balaban J connectivity index is 2.19. The van der Waals surface area contributed by atoms with Gasteiger partial charge in [-0.05, 0) is 23.8 Å². The van der Waals surface area contributed by atoms with Crippen LogP contribution >= 0.6 is 0 Å². The minimum absolute atomic E-state index is 0.00184.